The fraction of sp³-hybridized carbons (Fsp3) is 0.544. The Morgan fingerprint density at radius 2 is 1.63 bits per heavy atom. The molecule has 10 N–H and O–H groups in total. The fourth-order valence-electron chi connectivity index (χ4n) is 18.2. The molecule has 3 saturated carbocycles. The zero-order valence-electron chi connectivity index (χ0n) is 55.4. The van der Waals surface area contributed by atoms with E-state index >= 15 is 0 Å². The molecule has 15 nitrogen and oxygen atoms in total. The van der Waals surface area contributed by atoms with Crippen molar-refractivity contribution in [3.05, 3.63) is 141 Å². The van der Waals surface area contributed by atoms with Gasteiger partial charge in [0.25, 0.3) is 0 Å². The molecule has 0 radical (unpaired) electrons. The Labute approximate surface area is 555 Å². The number of aromatic amines is 1. The molecule has 0 saturated heterocycles. The Kier molecular flexibility index (Phi) is 19.3. The lowest BCUT2D eigenvalue weighted by Crippen LogP contribution is -2.62. The number of ether oxygens (including phenoxy) is 5. The van der Waals surface area contributed by atoms with Crippen LogP contribution in [0.2, 0.25) is 0 Å². The van der Waals surface area contributed by atoms with E-state index in [0.29, 0.717) is 68.5 Å². The number of phenolic OH excluding ortho intramolecular Hbond substituents is 2. The molecule has 0 unspecified atom stereocenters. The molecule has 11 atom stereocenters. The summed E-state index contributed by atoms with van der Waals surface area (Å²) in [6.07, 6.45) is 20.3. The summed E-state index contributed by atoms with van der Waals surface area (Å²) in [5.41, 5.74) is 10.2. The summed E-state index contributed by atoms with van der Waals surface area (Å²) in [5, 5.41) is 73.8. The quantitative estimate of drug-likeness (QED) is 0.0164. The molecule has 14 rings (SSSR count). The predicted octanol–water partition coefficient (Wildman–Crippen LogP) is 12.1. The Morgan fingerprint density at radius 1 is 0.809 bits per heavy atom. The number of benzene rings is 5. The van der Waals surface area contributed by atoms with E-state index in [1.807, 2.05) is 31.3 Å². The zero-order valence-corrected chi connectivity index (χ0v) is 55.4. The molecule has 15 heteroatoms. The maximum absolute atomic E-state index is 12.2. The summed E-state index contributed by atoms with van der Waals surface area (Å²) >= 11 is 0. The third-order valence-corrected chi connectivity index (χ3v) is 22.6. The van der Waals surface area contributed by atoms with E-state index in [4.69, 9.17) is 23.7 Å². The topological polar surface area (TPSA) is 211 Å². The summed E-state index contributed by atoms with van der Waals surface area (Å²) in [6.45, 7) is 8.72. The van der Waals surface area contributed by atoms with Gasteiger partial charge >= 0.3 is 0 Å². The highest BCUT2D eigenvalue weighted by atomic mass is 16.6. The minimum atomic E-state index is -1.31. The second kappa shape index (κ2) is 28.0. The van der Waals surface area contributed by atoms with E-state index in [0.717, 1.165) is 101 Å². The highest BCUT2D eigenvalue weighted by Gasteiger charge is 2.56. The molecule has 500 valence electrons. The van der Waals surface area contributed by atoms with Crippen LogP contribution in [0.5, 0.6) is 28.7 Å². The Hall–Kier alpha value is -6.42. The molecule has 1 spiro atoms. The Morgan fingerprint density at radius 3 is 2.46 bits per heavy atom. The molecule has 1 aromatic heterocycles. The van der Waals surface area contributed by atoms with Gasteiger partial charge in [-0.1, -0.05) is 99.9 Å². The van der Waals surface area contributed by atoms with Crippen LogP contribution >= 0.6 is 0 Å². The number of hydrogen-bond acceptors (Lipinski definition) is 14. The Balaban J connectivity index is 0.903. The number of aliphatic hydroxyl groups excluding tert-OH is 2. The summed E-state index contributed by atoms with van der Waals surface area (Å²) in [7, 11) is 0. The molecule has 3 aliphatic heterocycles. The number of rotatable bonds is 23. The van der Waals surface area contributed by atoms with Gasteiger partial charge in [-0.2, -0.15) is 0 Å². The number of aromatic hydroxyl groups is 2. The van der Waals surface area contributed by atoms with Crippen LogP contribution in [-0.4, -0.2) is 125 Å². The molecule has 94 heavy (non-hydrogen) atoms. The van der Waals surface area contributed by atoms with Crippen LogP contribution in [0, 0.1) is 29.1 Å². The number of hydrogen-bond donors (Lipinski definition) is 10. The highest BCUT2D eigenvalue weighted by molar-refractivity contribution is 5.90. The zero-order chi connectivity index (χ0) is 64.6. The van der Waals surface area contributed by atoms with Crippen LogP contribution < -0.4 is 35.5 Å². The van der Waals surface area contributed by atoms with Gasteiger partial charge in [0, 0.05) is 78.5 Å². The number of phenols is 2. The van der Waals surface area contributed by atoms with E-state index in [1.54, 1.807) is 6.07 Å². The normalized spacial score (nSPS) is 27.5. The van der Waals surface area contributed by atoms with Crippen LogP contribution in [-0.2, 0) is 35.2 Å². The van der Waals surface area contributed by atoms with Gasteiger partial charge in [-0.25, -0.2) is 0 Å². The highest BCUT2D eigenvalue weighted by Crippen LogP contribution is 2.62. The standard InChI is InChI=1S/C79H99N5O10/c1-49(2)39-77(3,89)46-81-47-83-70-21-9-20-58(43-85)92-69-37-53(23-28-68(69)88)76-79(70,91-48-84-56-17-11-32-78(40-56)31-10-16-55(78)45-90-57-18-7-8-19-57)41-65-62-38-64-71(52-22-27-66-51(35-52)30-34-82-66)54(42-80-33-12-15-50-13-5-4-6-14-50)36-63-67(87)29-26-60(72(63)64)73(62)75-61(74(65)94-76)25-24-59(44-86)93-75/h4-6,13-14,22-23,26-30,34-37,49,55-59,64,70-71,76,80-89H,7-8,10-12,15-20,24-25,31-33,38-48H2,1-3H3/t55-,56+,58-,59+,64+,70-,71-,76-,77-,78-,79+/m1/s1. The van der Waals surface area contributed by atoms with E-state index in [-0.39, 0.29) is 79.5 Å². The van der Waals surface area contributed by atoms with Crippen molar-refractivity contribution in [2.75, 3.05) is 52.9 Å². The van der Waals surface area contributed by atoms with Crippen LogP contribution in [0.15, 0.2) is 96.7 Å². The van der Waals surface area contributed by atoms with Crippen molar-refractivity contribution >= 4 is 17.0 Å². The fourth-order valence-corrected chi connectivity index (χ4v) is 18.2. The van der Waals surface area contributed by atoms with Crippen molar-refractivity contribution in [3.8, 4) is 51.7 Å². The summed E-state index contributed by atoms with van der Waals surface area (Å²) in [6, 6.07) is 28.4. The van der Waals surface area contributed by atoms with Crippen molar-refractivity contribution in [1.82, 2.24) is 26.3 Å². The van der Waals surface area contributed by atoms with Gasteiger partial charge in [0.1, 0.15) is 41.1 Å². The summed E-state index contributed by atoms with van der Waals surface area (Å²) in [4.78, 5) is 3.44. The third-order valence-electron chi connectivity index (χ3n) is 22.6. The van der Waals surface area contributed by atoms with Crippen molar-refractivity contribution in [3.63, 3.8) is 0 Å². The van der Waals surface area contributed by atoms with E-state index in [1.165, 1.54) is 68.1 Å². The van der Waals surface area contributed by atoms with Gasteiger partial charge in [0.15, 0.2) is 17.6 Å². The summed E-state index contributed by atoms with van der Waals surface area (Å²) in [5.74, 6) is 9.53. The van der Waals surface area contributed by atoms with Crippen LogP contribution in [0.4, 0.5) is 0 Å². The molecule has 6 aromatic rings. The van der Waals surface area contributed by atoms with Crippen molar-refractivity contribution in [2.45, 2.75) is 202 Å². The SMILES string of the molecule is CC(C)C[C@@](C)(O)CNCN[C@@H]1C#CC[C@H](CO)Oc2cc(ccc2O)[C@H]2Oc3c(c4c(c5c3CC[C@@H](CO)O5)-c3ccc(O)c5c3[C@@H](C4)[C@H](c3ccc4[nH]ccc4c3)C(CNCCCc3ccccc3)=C5)C[C@@]21OCN[C@H]1CCC[C@]2(CCC[C@@H]2COC2CCCC2)C1. The molecule has 5 aromatic carbocycles. The van der Waals surface area contributed by atoms with Crippen LogP contribution in [0.25, 0.3) is 28.1 Å². The van der Waals surface area contributed by atoms with Crippen molar-refractivity contribution < 1.29 is 49.2 Å². The van der Waals surface area contributed by atoms with Gasteiger partial charge in [-0.3, -0.25) is 10.6 Å². The predicted molar refractivity (Wildman–Crippen MR) is 367 cm³/mol. The van der Waals surface area contributed by atoms with E-state index in [9.17, 15) is 25.5 Å². The number of fused-ring (bicyclic) bond motifs is 12. The molecule has 2 bridgehead atoms. The average molecular weight is 1280 g/mol. The van der Waals surface area contributed by atoms with Gasteiger partial charge in [0.2, 0.25) is 0 Å². The van der Waals surface area contributed by atoms with Crippen LogP contribution in [0.3, 0.4) is 0 Å². The van der Waals surface area contributed by atoms with E-state index < -0.39 is 35.6 Å². The number of aryl methyl sites for hydroxylation is 1. The number of aromatic nitrogens is 1. The smallest absolute Gasteiger partial charge is 0.161 e. The molecule has 0 amide bonds. The first-order chi connectivity index (χ1) is 45.8. The average Bonchev–Trinajstić information content (AvgIpc) is 1.03. The molecule has 8 aliphatic rings. The van der Waals surface area contributed by atoms with Crippen molar-refractivity contribution in [2.24, 2.45) is 17.3 Å². The maximum atomic E-state index is 12.2. The number of H-pyrrole nitrogens is 1. The second-order valence-electron chi connectivity index (χ2n) is 29.6. The van der Waals surface area contributed by atoms with Gasteiger partial charge in [-0.15, -0.1) is 0 Å². The second-order valence-corrected chi connectivity index (χ2v) is 29.6. The first-order valence-electron chi connectivity index (χ1n) is 35.6. The minimum absolute atomic E-state index is 0.0660. The molecule has 5 aliphatic carbocycles. The largest absolute Gasteiger partial charge is 0.507 e. The summed E-state index contributed by atoms with van der Waals surface area (Å²) < 4.78 is 36.2. The monoisotopic (exact) mass is 1280 g/mol. The number of aliphatic hydroxyl groups is 3. The van der Waals surface area contributed by atoms with E-state index in [2.05, 4.69) is 119 Å². The third kappa shape index (κ3) is 13.2. The first kappa shape index (κ1) is 64.9. The van der Waals surface area contributed by atoms with Gasteiger partial charge < -0.3 is 64.8 Å². The number of nitrogens with one attached hydrogen (secondary N) is 5. The lowest BCUT2D eigenvalue weighted by atomic mass is 9.62. The molecular formula is C79H99N5O10. The van der Waals surface area contributed by atoms with Crippen molar-refractivity contribution in [1.29, 1.82) is 0 Å². The minimum Gasteiger partial charge on any atom is -0.507 e. The van der Waals surface area contributed by atoms with Gasteiger partial charge in [-0.05, 0) is 207 Å². The molecular weight excluding hydrogens is 1180 g/mol. The van der Waals surface area contributed by atoms with Gasteiger partial charge in [0.05, 0.1) is 38.3 Å². The first-order valence-corrected chi connectivity index (χ1v) is 35.6. The lowest BCUT2D eigenvalue weighted by molar-refractivity contribution is -0.145. The van der Waals surface area contributed by atoms with Crippen LogP contribution in [0.1, 0.15) is 180 Å². The Bertz CT molecular complexity index is 3750. The molecule has 3 fully saturated rings. The maximum Gasteiger partial charge on any atom is 0.161 e. The molecule has 4 heterocycles. The lowest BCUT2D eigenvalue weighted by Gasteiger charge is -2.50.